The van der Waals surface area contributed by atoms with Crippen LogP contribution in [-0.2, 0) is 27.7 Å². The van der Waals surface area contributed by atoms with E-state index in [9.17, 15) is 23.1 Å². The lowest BCUT2D eigenvalue weighted by Gasteiger charge is -2.18. The zero-order chi connectivity index (χ0) is 28.7. The van der Waals surface area contributed by atoms with Gasteiger partial charge in [-0.2, -0.15) is 0 Å². The molecule has 0 saturated carbocycles. The molecule has 7 nitrogen and oxygen atoms in total. The molecule has 0 radical (unpaired) electrons. The van der Waals surface area contributed by atoms with Crippen molar-refractivity contribution in [1.82, 2.24) is 5.32 Å². The topological polar surface area (TPSA) is 113 Å². The van der Waals surface area contributed by atoms with E-state index in [4.69, 9.17) is 0 Å². The van der Waals surface area contributed by atoms with Crippen LogP contribution in [0.1, 0.15) is 34.8 Å². The number of hydrogen-bond donors (Lipinski definition) is 3. The first-order valence-electron chi connectivity index (χ1n) is 12.8. The number of aryl methyl sites for hydroxylation is 1. The van der Waals surface area contributed by atoms with Crippen molar-refractivity contribution in [3.63, 3.8) is 0 Å². The number of carbonyl (C=O) groups is 2. The van der Waals surface area contributed by atoms with E-state index < -0.39 is 27.9 Å². The maximum atomic E-state index is 13.3. The number of anilines is 1. The summed E-state index contributed by atoms with van der Waals surface area (Å²) in [5.41, 5.74) is 3.90. The van der Waals surface area contributed by atoms with Crippen LogP contribution in [-0.4, -0.2) is 31.4 Å². The van der Waals surface area contributed by atoms with E-state index in [-0.39, 0.29) is 22.6 Å². The van der Waals surface area contributed by atoms with E-state index in [2.05, 4.69) is 10.0 Å². The molecule has 4 aromatic carbocycles. The third kappa shape index (κ3) is 7.48. The van der Waals surface area contributed by atoms with Gasteiger partial charge in [-0.3, -0.25) is 9.52 Å². The molecule has 0 aromatic heterocycles. The minimum atomic E-state index is -3.98. The molecule has 206 valence electrons. The molecular weight excluding hydrogens is 639 g/mol. The first-order valence-corrected chi connectivity index (χ1v) is 15.3. The van der Waals surface area contributed by atoms with Gasteiger partial charge in [-0.05, 0) is 81.6 Å². The SMILES string of the molecule is CCCc1ccc(S(=O)(=O)Nc2ccc(I)cc2C(=O)N[C@@H](Cc2ccc(-c3ccccc3)cc2)C(=O)O)cc1. The van der Waals surface area contributed by atoms with Gasteiger partial charge in [-0.25, -0.2) is 13.2 Å². The van der Waals surface area contributed by atoms with E-state index >= 15 is 0 Å². The molecule has 0 aliphatic carbocycles. The molecule has 4 rings (SSSR count). The summed E-state index contributed by atoms with van der Waals surface area (Å²) in [5, 5.41) is 12.4. The normalized spacial score (nSPS) is 11.9. The number of carbonyl (C=O) groups excluding carboxylic acids is 1. The Hall–Kier alpha value is -3.70. The van der Waals surface area contributed by atoms with E-state index in [1.807, 2.05) is 84.1 Å². The fourth-order valence-corrected chi connectivity index (χ4v) is 5.83. The molecule has 1 amide bonds. The Kier molecular flexibility index (Phi) is 9.59. The van der Waals surface area contributed by atoms with Crippen LogP contribution < -0.4 is 10.0 Å². The standard InChI is InChI=1S/C31H29IN2O5S/c1-2-6-21-11-16-26(17-12-21)40(38,39)34-28-18-15-25(32)20-27(28)30(35)33-29(31(36)37)19-22-9-13-24(14-10-22)23-7-4-3-5-8-23/h3-5,7-18,20,29,34H,2,6,19H2,1H3,(H,33,35)(H,36,37)/t29-/m0/s1. The first kappa shape index (κ1) is 29.3. The van der Waals surface area contributed by atoms with Crippen LogP contribution in [0, 0.1) is 3.57 Å². The lowest BCUT2D eigenvalue weighted by molar-refractivity contribution is -0.139. The zero-order valence-electron chi connectivity index (χ0n) is 21.8. The molecule has 0 spiro atoms. The molecule has 0 fully saturated rings. The van der Waals surface area contributed by atoms with Crippen molar-refractivity contribution in [2.75, 3.05) is 4.72 Å². The number of rotatable bonds is 11. The summed E-state index contributed by atoms with van der Waals surface area (Å²) < 4.78 is 29.4. The van der Waals surface area contributed by atoms with Gasteiger partial charge in [-0.1, -0.05) is 80.1 Å². The maximum absolute atomic E-state index is 13.3. The number of nitrogens with one attached hydrogen (secondary N) is 2. The molecular formula is C31H29IN2O5S. The zero-order valence-corrected chi connectivity index (χ0v) is 24.8. The van der Waals surface area contributed by atoms with Gasteiger partial charge in [0.1, 0.15) is 6.04 Å². The molecule has 0 saturated heterocycles. The Balaban J connectivity index is 1.52. The third-order valence-corrected chi connectivity index (χ3v) is 8.40. The van der Waals surface area contributed by atoms with Gasteiger partial charge < -0.3 is 10.4 Å². The van der Waals surface area contributed by atoms with E-state index in [1.54, 1.807) is 18.2 Å². The highest BCUT2D eigenvalue weighted by molar-refractivity contribution is 14.1. The Morgan fingerprint density at radius 3 is 2.10 bits per heavy atom. The van der Waals surface area contributed by atoms with Gasteiger partial charge in [0.05, 0.1) is 16.1 Å². The highest BCUT2D eigenvalue weighted by Gasteiger charge is 2.24. The van der Waals surface area contributed by atoms with Crippen molar-refractivity contribution in [3.8, 4) is 11.1 Å². The number of aliphatic carboxylic acids is 1. The minimum Gasteiger partial charge on any atom is -0.480 e. The number of halogens is 1. The van der Waals surface area contributed by atoms with Crippen molar-refractivity contribution < 1.29 is 23.1 Å². The van der Waals surface area contributed by atoms with Crippen LogP contribution >= 0.6 is 22.6 Å². The summed E-state index contributed by atoms with van der Waals surface area (Å²) in [4.78, 5) is 25.4. The number of hydrogen-bond acceptors (Lipinski definition) is 4. The van der Waals surface area contributed by atoms with Crippen molar-refractivity contribution in [3.05, 3.63) is 117 Å². The highest BCUT2D eigenvalue weighted by Crippen LogP contribution is 2.24. The van der Waals surface area contributed by atoms with E-state index in [1.165, 1.54) is 24.3 Å². The number of carboxylic acids is 1. The summed E-state index contributed by atoms with van der Waals surface area (Å²) in [5.74, 6) is -1.89. The summed E-state index contributed by atoms with van der Waals surface area (Å²) >= 11 is 2.02. The highest BCUT2D eigenvalue weighted by atomic mass is 127. The Bertz CT molecular complexity index is 1590. The molecule has 1 atom stereocenters. The van der Waals surface area contributed by atoms with Crippen molar-refractivity contribution in [2.45, 2.75) is 37.1 Å². The van der Waals surface area contributed by atoms with Gasteiger partial charge in [0.2, 0.25) is 0 Å². The second-order valence-electron chi connectivity index (χ2n) is 9.32. The van der Waals surface area contributed by atoms with Crippen LogP contribution in [0.15, 0.2) is 102 Å². The third-order valence-electron chi connectivity index (χ3n) is 6.35. The Labute approximate surface area is 247 Å². The van der Waals surface area contributed by atoms with Gasteiger partial charge >= 0.3 is 5.97 Å². The summed E-state index contributed by atoms with van der Waals surface area (Å²) in [6.07, 6.45) is 1.85. The van der Waals surface area contributed by atoms with Gasteiger partial charge in [0, 0.05) is 9.99 Å². The predicted octanol–water partition coefficient (Wildman–Crippen LogP) is 6.14. The Morgan fingerprint density at radius 1 is 0.850 bits per heavy atom. The summed E-state index contributed by atoms with van der Waals surface area (Å²) in [7, 11) is -3.98. The monoisotopic (exact) mass is 668 g/mol. The van der Waals surface area contributed by atoms with Gasteiger partial charge in [-0.15, -0.1) is 0 Å². The smallest absolute Gasteiger partial charge is 0.326 e. The molecule has 0 unspecified atom stereocenters. The van der Waals surface area contributed by atoms with Crippen molar-refractivity contribution in [1.29, 1.82) is 0 Å². The first-order chi connectivity index (χ1) is 19.2. The summed E-state index contributed by atoms with van der Waals surface area (Å²) in [6.45, 7) is 2.05. The van der Waals surface area contributed by atoms with Gasteiger partial charge in [0.25, 0.3) is 15.9 Å². The molecule has 4 aromatic rings. The number of benzene rings is 4. The van der Waals surface area contributed by atoms with Crippen LogP contribution in [0.3, 0.4) is 0 Å². The second kappa shape index (κ2) is 13.1. The largest absolute Gasteiger partial charge is 0.480 e. The van der Waals surface area contributed by atoms with Crippen LogP contribution in [0.5, 0.6) is 0 Å². The summed E-state index contributed by atoms with van der Waals surface area (Å²) in [6, 6.07) is 27.4. The molecule has 0 aliphatic rings. The average Bonchev–Trinajstić information content (AvgIpc) is 2.95. The predicted molar refractivity (Wildman–Crippen MR) is 165 cm³/mol. The number of carboxylic acid groups (broad SMARTS) is 1. The maximum Gasteiger partial charge on any atom is 0.326 e. The van der Waals surface area contributed by atoms with Crippen molar-refractivity contribution in [2.24, 2.45) is 0 Å². The number of amides is 1. The quantitative estimate of drug-likeness (QED) is 0.166. The average molecular weight is 669 g/mol. The molecule has 3 N–H and O–H groups in total. The molecule has 9 heteroatoms. The number of sulfonamides is 1. The lowest BCUT2D eigenvalue weighted by Crippen LogP contribution is -2.42. The fourth-order valence-electron chi connectivity index (χ4n) is 4.26. The molecule has 0 aliphatic heterocycles. The fraction of sp³-hybridized carbons (Fsp3) is 0.161. The van der Waals surface area contributed by atoms with Crippen LogP contribution in [0.2, 0.25) is 0 Å². The van der Waals surface area contributed by atoms with Crippen LogP contribution in [0.4, 0.5) is 5.69 Å². The van der Waals surface area contributed by atoms with Gasteiger partial charge in [0.15, 0.2) is 0 Å². The van der Waals surface area contributed by atoms with Crippen molar-refractivity contribution >= 4 is 50.2 Å². The Morgan fingerprint density at radius 2 is 1.48 bits per heavy atom. The minimum absolute atomic E-state index is 0.0313. The lowest BCUT2D eigenvalue weighted by atomic mass is 10.0. The van der Waals surface area contributed by atoms with E-state index in [0.717, 1.165) is 35.1 Å². The van der Waals surface area contributed by atoms with Crippen LogP contribution in [0.25, 0.3) is 11.1 Å². The second-order valence-corrected chi connectivity index (χ2v) is 12.2. The molecule has 0 bridgehead atoms. The van der Waals surface area contributed by atoms with E-state index in [0.29, 0.717) is 3.57 Å². The molecule has 0 heterocycles. The molecule has 40 heavy (non-hydrogen) atoms.